The Morgan fingerprint density at radius 2 is 1.74 bits per heavy atom. The predicted octanol–water partition coefficient (Wildman–Crippen LogP) is 5.41. The molecule has 34 heavy (non-hydrogen) atoms. The van der Waals surface area contributed by atoms with Crippen molar-refractivity contribution in [2.24, 2.45) is 5.10 Å². The highest BCUT2D eigenvalue weighted by Gasteiger charge is 2.15. The number of aromatic nitrogens is 2. The predicted molar refractivity (Wildman–Crippen MR) is 130 cm³/mol. The second-order valence-corrected chi connectivity index (χ2v) is 7.66. The fourth-order valence-corrected chi connectivity index (χ4v) is 3.49. The quantitative estimate of drug-likeness (QED) is 0.195. The van der Waals surface area contributed by atoms with Gasteiger partial charge in [-0.1, -0.05) is 35.9 Å². The first-order valence-electron chi connectivity index (χ1n) is 10.3. The number of esters is 1. The number of furan rings is 1. The van der Waals surface area contributed by atoms with Crippen molar-refractivity contribution in [1.82, 2.24) is 9.66 Å². The van der Waals surface area contributed by atoms with E-state index in [4.69, 9.17) is 20.8 Å². The van der Waals surface area contributed by atoms with E-state index in [2.05, 4.69) is 10.1 Å². The Kier molecular flexibility index (Phi) is 5.76. The van der Waals surface area contributed by atoms with Gasteiger partial charge >= 0.3 is 5.97 Å². The zero-order valence-corrected chi connectivity index (χ0v) is 18.3. The minimum atomic E-state index is -0.641. The number of para-hydroxylation sites is 2. The van der Waals surface area contributed by atoms with Crippen molar-refractivity contribution < 1.29 is 13.9 Å². The van der Waals surface area contributed by atoms with Gasteiger partial charge in [-0.15, -0.1) is 0 Å². The van der Waals surface area contributed by atoms with E-state index < -0.39 is 5.97 Å². The van der Waals surface area contributed by atoms with Gasteiger partial charge in [0.25, 0.3) is 5.56 Å². The van der Waals surface area contributed by atoms with Crippen LogP contribution in [0.4, 0.5) is 0 Å². The molecule has 0 radical (unpaired) electrons. The number of benzene rings is 3. The number of halogens is 1. The van der Waals surface area contributed by atoms with E-state index in [1.165, 1.54) is 23.2 Å². The largest absolute Gasteiger partial charge is 0.457 e. The highest BCUT2D eigenvalue weighted by molar-refractivity contribution is 6.30. The van der Waals surface area contributed by atoms with Crippen LogP contribution in [0.2, 0.25) is 5.02 Å². The molecule has 0 bridgehead atoms. The van der Waals surface area contributed by atoms with Crippen molar-refractivity contribution >= 4 is 34.7 Å². The molecule has 2 aromatic heterocycles. The summed E-state index contributed by atoms with van der Waals surface area (Å²) in [5.41, 5.74) is 1.37. The molecule has 0 atom stereocenters. The molecule has 0 aliphatic carbocycles. The van der Waals surface area contributed by atoms with Crippen LogP contribution in [0.5, 0.6) is 5.75 Å². The molecule has 0 saturated heterocycles. The van der Waals surface area contributed by atoms with Gasteiger partial charge in [0.05, 0.1) is 23.4 Å². The molecule has 0 saturated carbocycles. The van der Waals surface area contributed by atoms with Crippen LogP contribution in [0.25, 0.3) is 22.3 Å². The zero-order valence-electron chi connectivity index (χ0n) is 17.6. The van der Waals surface area contributed by atoms with Crippen LogP contribution in [0, 0.1) is 0 Å². The normalized spacial score (nSPS) is 11.2. The van der Waals surface area contributed by atoms with Crippen molar-refractivity contribution in [3.63, 3.8) is 0 Å². The van der Waals surface area contributed by atoms with Crippen LogP contribution in [0.3, 0.4) is 0 Å². The molecule has 5 rings (SSSR count). The van der Waals surface area contributed by atoms with Gasteiger partial charge in [0, 0.05) is 16.1 Å². The summed E-state index contributed by atoms with van der Waals surface area (Å²) in [5.74, 6) is 0.0492. The van der Waals surface area contributed by atoms with Gasteiger partial charge in [0.15, 0.2) is 5.82 Å². The van der Waals surface area contributed by atoms with Crippen molar-refractivity contribution in [3.05, 3.63) is 118 Å². The maximum Gasteiger partial charge on any atom is 0.379 e. The smallest absolute Gasteiger partial charge is 0.379 e. The molecule has 8 heteroatoms. The Morgan fingerprint density at radius 1 is 0.971 bits per heavy atom. The number of carbonyl (C=O) groups is 1. The lowest BCUT2D eigenvalue weighted by Gasteiger charge is -2.10. The van der Waals surface area contributed by atoms with E-state index >= 15 is 0 Å². The van der Waals surface area contributed by atoms with E-state index in [0.29, 0.717) is 32.9 Å². The molecular weight excluding hydrogens is 454 g/mol. The fraction of sp³-hybridized carbons (Fsp3) is 0. The summed E-state index contributed by atoms with van der Waals surface area (Å²) in [6, 6.07) is 24.0. The summed E-state index contributed by atoms with van der Waals surface area (Å²) in [6.07, 6.45) is 2.84. The molecule has 0 amide bonds. The van der Waals surface area contributed by atoms with Crippen molar-refractivity contribution in [2.45, 2.75) is 0 Å². The summed E-state index contributed by atoms with van der Waals surface area (Å²) >= 11 is 6.04. The van der Waals surface area contributed by atoms with Crippen molar-refractivity contribution in [2.75, 3.05) is 0 Å². The van der Waals surface area contributed by atoms with Crippen LogP contribution < -0.4 is 10.3 Å². The average Bonchev–Trinajstić information content (AvgIpc) is 3.40. The van der Waals surface area contributed by atoms with E-state index in [9.17, 15) is 9.59 Å². The molecule has 0 spiro atoms. The number of hydrogen-bond donors (Lipinski definition) is 0. The number of rotatable bonds is 5. The third-order valence-electron chi connectivity index (χ3n) is 5.01. The highest BCUT2D eigenvalue weighted by atomic mass is 35.5. The molecule has 0 aliphatic heterocycles. The number of hydrogen-bond acceptors (Lipinski definition) is 6. The van der Waals surface area contributed by atoms with Gasteiger partial charge in [-0.2, -0.15) is 9.78 Å². The minimum Gasteiger partial charge on any atom is -0.457 e. The second kappa shape index (κ2) is 9.17. The molecule has 0 N–H and O–H groups in total. The first kappa shape index (κ1) is 21.4. The van der Waals surface area contributed by atoms with Gasteiger partial charge in [-0.25, -0.2) is 9.78 Å². The Hall–Kier alpha value is -4.49. The minimum absolute atomic E-state index is 0.0757. The summed E-state index contributed by atoms with van der Waals surface area (Å²) < 4.78 is 11.8. The zero-order chi connectivity index (χ0) is 23.5. The molecule has 0 unspecified atom stereocenters. The van der Waals surface area contributed by atoms with E-state index in [1.54, 1.807) is 72.8 Å². The van der Waals surface area contributed by atoms with E-state index in [0.717, 1.165) is 0 Å². The lowest BCUT2D eigenvalue weighted by Crippen LogP contribution is -2.20. The van der Waals surface area contributed by atoms with Gasteiger partial charge in [0.1, 0.15) is 5.75 Å². The standard InChI is InChI=1S/C26H16ClN3O4/c27-19-13-11-17(12-14-19)24-29-21-8-3-2-7-20(21)25(31)30(24)28-16-18-6-1-4-9-22(18)34-26(32)23-10-5-15-33-23/h1-16H. The SMILES string of the molecule is O=C(Oc1ccccc1C=Nn1c(-c2ccc(Cl)cc2)nc2ccccc2c1=O)c1ccco1. The molecular formula is C26H16ClN3O4. The Bertz CT molecular complexity index is 1570. The van der Waals surface area contributed by atoms with Crippen LogP contribution in [0.1, 0.15) is 16.1 Å². The summed E-state index contributed by atoms with van der Waals surface area (Å²) in [4.78, 5) is 30.3. The maximum absolute atomic E-state index is 13.3. The van der Waals surface area contributed by atoms with Gasteiger partial charge in [-0.3, -0.25) is 4.79 Å². The van der Waals surface area contributed by atoms with Crippen LogP contribution >= 0.6 is 11.6 Å². The Balaban J connectivity index is 1.59. The first-order valence-corrected chi connectivity index (χ1v) is 10.6. The number of fused-ring (bicyclic) bond motifs is 1. The van der Waals surface area contributed by atoms with Gasteiger partial charge in [0.2, 0.25) is 5.76 Å². The number of carbonyl (C=O) groups excluding carboxylic acids is 1. The second-order valence-electron chi connectivity index (χ2n) is 7.23. The summed E-state index contributed by atoms with van der Waals surface area (Å²) in [5, 5.41) is 5.41. The third-order valence-corrected chi connectivity index (χ3v) is 5.26. The van der Waals surface area contributed by atoms with Crippen LogP contribution in [-0.4, -0.2) is 21.8 Å². The monoisotopic (exact) mass is 469 g/mol. The Labute approximate surface area is 198 Å². The Morgan fingerprint density at radius 3 is 2.53 bits per heavy atom. The highest BCUT2D eigenvalue weighted by Crippen LogP contribution is 2.22. The van der Waals surface area contributed by atoms with Crippen molar-refractivity contribution in [3.8, 4) is 17.1 Å². The van der Waals surface area contributed by atoms with Crippen LogP contribution in [-0.2, 0) is 0 Å². The third kappa shape index (κ3) is 4.24. The topological polar surface area (TPSA) is 86.7 Å². The molecule has 7 nitrogen and oxygen atoms in total. The average molecular weight is 470 g/mol. The van der Waals surface area contributed by atoms with Gasteiger partial charge < -0.3 is 9.15 Å². The van der Waals surface area contributed by atoms with E-state index in [1.807, 2.05) is 6.07 Å². The lowest BCUT2D eigenvalue weighted by atomic mass is 10.2. The maximum atomic E-state index is 13.3. The summed E-state index contributed by atoms with van der Waals surface area (Å²) in [7, 11) is 0. The summed E-state index contributed by atoms with van der Waals surface area (Å²) in [6.45, 7) is 0. The molecule has 0 aliphatic rings. The number of ether oxygens (including phenoxy) is 1. The number of nitrogens with zero attached hydrogens (tertiary/aromatic N) is 3. The lowest BCUT2D eigenvalue weighted by molar-refractivity contribution is 0.0701. The van der Waals surface area contributed by atoms with E-state index in [-0.39, 0.29) is 17.1 Å². The molecule has 3 aromatic carbocycles. The first-order chi connectivity index (χ1) is 16.6. The van der Waals surface area contributed by atoms with Crippen molar-refractivity contribution in [1.29, 1.82) is 0 Å². The van der Waals surface area contributed by atoms with Gasteiger partial charge in [-0.05, 0) is 60.7 Å². The molecule has 0 fully saturated rings. The molecule has 166 valence electrons. The molecule has 5 aromatic rings. The van der Waals surface area contributed by atoms with Crippen LogP contribution in [0.15, 0.2) is 106 Å². The molecule has 2 heterocycles. The fourth-order valence-electron chi connectivity index (χ4n) is 3.36.